The first kappa shape index (κ1) is 13.3. The largest absolute Gasteiger partial charge is 0.383 e. The van der Waals surface area contributed by atoms with E-state index in [-0.39, 0.29) is 23.0 Å². The average molecular weight is 240 g/mol. The Bertz CT molecular complexity index is 513. The van der Waals surface area contributed by atoms with Gasteiger partial charge in [-0.1, -0.05) is 13.8 Å². The highest BCUT2D eigenvalue weighted by Gasteiger charge is 2.14. The quantitative estimate of drug-likeness (QED) is 0.788. The van der Waals surface area contributed by atoms with Crippen molar-refractivity contribution in [1.29, 1.82) is 0 Å². The number of nitrogens with two attached hydrogens (primary N) is 1. The van der Waals surface area contributed by atoms with Gasteiger partial charge in [0.15, 0.2) is 0 Å². The second-order valence-electron chi connectivity index (χ2n) is 4.44. The predicted molar refractivity (Wildman–Crippen MR) is 69.4 cm³/mol. The molecule has 0 bridgehead atoms. The topological polar surface area (TPSA) is 82.0 Å². The highest BCUT2D eigenvalue weighted by molar-refractivity contribution is 5.60. The van der Waals surface area contributed by atoms with Gasteiger partial charge in [0, 0.05) is 20.1 Å². The van der Waals surface area contributed by atoms with E-state index in [0.29, 0.717) is 18.8 Å². The molecule has 6 nitrogen and oxygen atoms in total. The molecule has 0 atom stereocenters. The molecule has 0 amide bonds. The number of nitrogens with one attached hydrogen (secondary N) is 1. The predicted octanol–water partition coefficient (Wildman–Crippen LogP) is 0.217. The van der Waals surface area contributed by atoms with E-state index in [0.717, 1.165) is 4.57 Å². The summed E-state index contributed by atoms with van der Waals surface area (Å²) in [6, 6.07) is 0. The third kappa shape index (κ3) is 2.51. The third-order valence-corrected chi connectivity index (χ3v) is 2.48. The lowest BCUT2D eigenvalue weighted by atomic mass is 10.2. The molecule has 6 heteroatoms. The molecule has 0 aromatic carbocycles. The molecule has 1 aromatic rings. The molecule has 0 fully saturated rings. The van der Waals surface area contributed by atoms with Gasteiger partial charge >= 0.3 is 5.69 Å². The van der Waals surface area contributed by atoms with E-state index >= 15 is 0 Å². The van der Waals surface area contributed by atoms with E-state index in [1.54, 1.807) is 0 Å². The number of aromatic nitrogens is 2. The molecule has 0 aliphatic rings. The van der Waals surface area contributed by atoms with Crippen LogP contribution in [-0.4, -0.2) is 15.7 Å². The van der Waals surface area contributed by atoms with Crippen LogP contribution >= 0.6 is 0 Å². The van der Waals surface area contributed by atoms with Crippen molar-refractivity contribution < 1.29 is 0 Å². The Morgan fingerprint density at radius 2 is 1.94 bits per heavy atom. The zero-order chi connectivity index (χ0) is 13.2. The van der Waals surface area contributed by atoms with Crippen molar-refractivity contribution in [2.24, 2.45) is 13.0 Å². The second-order valence-corrected chi connectivity index (χ2v) is 4.44. The Balaban J connectivity index is 3.50. The highest BCUT2D eigenvalue weighted by Crippen LogP contribution is 2.11. The summed E-state index contributed by atoms with van der Waals surface area (Å²) in [5.41, 5.74) is 5.42. The Morgan fingerprint density at radius 3 is 2.41 bits per heavy atom. The maximum absolute atomic E-state index is 11.9. The first-order valence-electron chi connectivity index (χ1n) is 5.73. The van der Waals surface area contributed by atoms with Crippen molar-refractivity contribution in [1.82, 2.24) is 9.13 Å². The van der Waals surface area contributed by atoms with Gasteiger partial charge in [0.2, 0.25) is 0 Å². The zero-order valence-corrected chi connectivity index (χ0v) is 10.8. The van der Waals surface area contributed by atoms with Gasteiger partial charge in [-0.3, -0.25) is 13.9 Å². The van der Waals surface area contributed by atoms with E-state index in [2.05, 4.69) is 5.32 Å². The fraction of sp³-hybridized carbons (Fsp3) is 0.636. The van der Waals surface area contributed by atoms with E-state index in [1.807, 2.05) is 20.8 Å². The van der Waals surface area contributed by atoms with Crippen molar-refractivity contribution in [3.63, 3.8) is 0 Å². The van der Waals surface area contributed by atoms with Gasteiger partial charge in [0.1, 0.15) is 11.5 Å². The monoisotopic (exact) mass is 240 g/mol. The maximum Gasteiger partial charge on any atom is 0.332 e. The molecule has 0 unspecified atom stereocenters. The Hall–Kier alpha value is -1.72. The molecule has 0 aliphatic carbocycles. The summed E-state index contributed by atoms with van der Waals surface area (Å²) in [5.74, 6) is 0.496. The lowest BCUT2D eigenvalue weighted by Gasteiger charge is -2.16. The molecule has 96 valence electrons. The minimum Gasteiger partial charge on any atom is -0.383 e. The van der Waals surface area contributed by atoms with Crippen LogP contribution < -0.4 is 22.3 Å². The van der Waals surface area contributed by atoms with Crippen LogP contribution in [0.5, 0.6) is 0 Å². The van der Waals surface area contributed by atoms with Crippen LogP contribution in [0.3, 0.4) is 0 Å². The molecule has 0 aliphatic heterocycles. The minimum atomic E-state index is -0.380. The molecule has 1 rings (SSSR count). The molecule has 1 aromatic heterocycles. The smallest absolute Gasteiger partial charge is 0.332 e. The summed E-state index contributed by atoms with van der Waals surface area (Å²) < 4.78 is 2.51. The lowest BCUT2D eigenvalue weighted by molar-refractivity contribution is 0.494. The Labute approximate surface area is 100 Å². The van der Waals surface area contributed by atoms with Gasteiger partial charge in [-0.15, -0.1) is 0 Å². The summed E-state index contributed by atoms with van der Waals surface area (Å²) in [7, 11) is 1.46. The first-order chi connectivity index (χ1) is 7.90. The van der Waals surface area contributed by atoms with Crippen LogP contribution in [0.2, 0.25) is 0 Å². The van der Waals surface area contributed by atoms with Gasteiger partial charge in [-0.05, 0) is 12.8 Å². The molecule has 17 heavy (non-hydrogen) atoms. The molecule has 3 N–H and O–H groups in total. The number of hydrogen-bond donors (Lipinski definition) is 2. The van der Waals surface area contributed by atoms with E-state index in [4.69, 9.17) is 5.73 Å². The third-order valence-electron chi connectivity index (χ3n) is 2.48. The SMILES string of the molecule is CCNc1c(N)n(CC(C)C)c(=O)n(C)c1=O. The van der Waals surface area contributed by atoms with Gasteiger partial charge in [-0.25, -0.2) is 4.79 Å². The van der Waals surface area contributed by atoms with Crippen LogP contribution in [0.1, 0.15) is 20.8 Å². The average Bonchev–Trinajstić information content (AvgIpc) is 2.27. The summed E-state index contributed by atoms with van der Waals surface area (Å²) >= 11 is 0. The summed E-state index contributed by atoms with van der Waals surface area (Å²) in [4.78, 5) is 23.8. The van der Waals surface area contributed by atoms with Gasteiger partial charge in [-0.2, -0.15) is 0 Å². The number of rotatable bonds is 4. The van der Waals surface area contributed by atoms with Crippen LogP contribution in [0.25, 0.3) is 0 Å². The van der Waals surface area contributed by atoms with E-state index < -0.39 is 0 Å². The van der Waals surface area contributed by atoms with E-state index in [1.165, 1.54) is 11.6 Å². The zero-order valence-electron chi connectivity index (χ0n) is 10.8. The minimum absolute atomic E-state index is 0.216. The lowest BCUT2D eigenvalue weighted by Crippen LogP contribution is -2.41. The molecule has 0 saturated heterocycles. The molecule has 0 saturated carbocycles. The van der Waals surface area contributed by atoms with Crippen molar-refractivity contribution in [2.45, 2.75) is 27.3 Å². The van der Waals surface area contributed by atoms with Crippen LogP contribution in [0.15, 0.2) is 9.59 Å². The van der Waals surface area contributed by atoms with Crippen molar-refractivity contribution in [3.8, 4) is 0 Å². The van der Waals surface area contributed by atoms with E-state index in [9.17, 15) is 9.59 Å². The van der Waals surface area contributed by atoms with Gasteiger partial charge < -0.3 is 11.1 Å². The highest BCUT2D eigenvalue weighted by atomic mass is 16.2. The Morgan fingerprint density at radius 1 is 1.35 bits per heavy atom. The van der Waals surface area contributed by atoms with Crippen molar-refractivity contribution in [2.75, 3.05) is 17.6 Å². The fourth-order valence-corrected chi connectivity index (χ4v) is 1.67. The summed E-state index contributed by atoms with van der Waals surface area (Å²) in [6.07, 6.45) is 0. The standard InChI is InChI=1S/C11H20N4O2/c1-5-13-8-9(12)15(6-7(2)3)11(17)14(4)10(8)16/h7,13H,5-6,12H2,1-4H3. The van der Waals surface area contributed by atoms with Gasteiger partial charge in [0.05, 0.1) is 0 Å². The van der Waals surface area contributed by atoms with Crippen LogP contribution in [-0.2, 0) is 13.6 Å². The van der Waals surface area contributed by atoms with Crippen molar-refractivity contribution in [3.05, 3.63) is 20.8 Å². The molecule has 0 spiro atoms. The first-order valence-corrected chi connectivity index (χ1v) is 5.73. The number of nitrogens with zero attached hydrogens (tertiary/aromatic N) is 2. The normalized spacial score (nSPS) is 10.9. The number of nitrogen functional groups attached to an aromatic ring is 1. The number of hydrogen-bond acceptors (Lipinski definition) is 4. The van der Waals surface area contributed by atoms with Crippen LogP contribution in [0, 0.1) is 5.92 Å². The Kier molecular flexibility index (Phi) is 3.98. The molecular formula is C11H20N4O2. The second kappa shape index (κ2) is 5.07. The fourth-order valence-electron chi connectivity index (χ4n) is 1.67. The summed E-state index contributed by atoms with van der Waals surface area (Å²) in [6.45, 7) is 6.93. The summed E-state index contributed by atoms with van der Waals surface area (Å²) in [5, 5.41) is 2.91. The van der Waals surface area contributed by atoms with Crippen molar-refractivity contribution >= 4 is 11.5 Å². The van der Waals surface area contributed by atoms with Crippen LogP contribution in [0.4, 0.5) is 11.5 Å². The molecule has 1 heterocycles. The molecule has 0 radical (unpaired) electrons. The maximum atomic E-state index is 11.9. The molecular weight excluding hydrogens is 220 g/mol. The van der Waals surface area contributed by atoms with Gasteiger partial charge in [0.25, 0.3) is 5.56 Å². The number of anilines is 2.